The lowest BCUT2D eigenvalue weighted by Crippen LogP contribution is -2.15. The number of hydrogen-bond acceptors (Lipinski definition) is 3. The van der Waals surface area contributed by atoms with Crippen molar-refractivity contribution in [2.45, 2.75) is 26.7 Å². The molecule has 1 N–H and O–H groups in total. The van der Waals surface area contributed by atoms with Crippen LogP contribution in [0.5, 0.6) is 11.5 Å². The molecule has 0 aliphatic rings. The van der Waals surface area contributed by atoms with Gasteiger partial charge in [0.1, 0.15) is 11.5 Å². The quantitative estimate of drug-likeness (QED) is 0.423. The molecule has 0 bridgehead atoms. The molecule has 3 aromatic rings. The van der Waals surface area contributed by atoms with E-state index in [4.69, 9.17) is 9.47 Å². The Morgan fingerprint density at radius 3 is 2.47 bits per heavy atom. The van der Waals surface area contributed by atoms with Crippen molar-refractivity contribution in [3.05, 3.63) is 90.0 Å². The summed E-state index contributed by atoms with van der Waals surface area (Å²) in [7, 11) is 0. The largest absolute Gasteiger partial charge is 0.494 e. The molecule has 0 heterocycles. The van der Waals surface area contributed by atoms with Crippen LogP contribution in [0.1, 0.15) is 36.2 Å². The number of carbonyl (C=O) groups excluding carboxylic acids is 1. The van der Waals surface area contributed by atoms with Crippen molar-refractivity contribution >= 4 is 11.6 Å². The molecule has 0 atom stereocenters. The molecule has 0 radical (unpaired) electrons. The molecule has 0 unspecified atom stereocenters. The highest BCUT2D eigenvalue weighted by Crippen LogP contribution is 2.22. The molecule has 0 aromatic heterocycles. The fraction of sp³-hybridized carbons (Fsp3) is 0.269. The molecule has 0 fully saturated rings. The number of hydrogen-bond donors (Lipinski definition) is 1. The predicted octanol–water partition coefficient (Wildman–Crippen LogP) is 5.99. The summed E-state index contributed by atoms with van der Waals surface area (Å²) in [4.78, 5) is 12.8. The average molecular weight is 404 g/mol. The van der Waals surface area contributed by atoms with Crippen LogP contribution in [-0.4, -0.2) is 19.1 Å². The first kappa shape index (κ1) is 21.4. The summed E-state index contributed by atoms with van der Waals surface area (Å²) in [5.74, 6) is 1.52. The molecule has 3 aromatic carbocycles. The second-order valence-corrected chi connectivity index (χ2v) is 7.62. The summed E-state index contributed by atoms with van der Waals surface area (Å²) in [6.07, 6.45) is 1.91. The second kappa shape index (κ2) is 11.1. The van der Waals surface area contributed by atoms with Crippen LogP contribution in [0.4, 0.5) is 5.69 Å². The van der Waals surface area contributed by atoms with Crippen LogP contribution >= 0.6 is 0 Å². The Kier molecular flexibility index (Phi) is 7.90. The maximum absolute atomic E-state index is 12.8. The first-order chi connectivity index (χ1) is 14.6. The highest BCUT2D eigenvalue weighted by Gasteiger charge is 2.13. The van der Waals surface area contributed by atoms with Crippen LogP contribution < -0.4 is 14.8 Å². The molecule has 0 aliphatic heterocycles. The average Bonchev–Trinajstić information content (AvgIpc) is 2.76. The van der Waals surface area contributed by atoms with E-state index in [2.05, 4.69) is 31.3 Å². The molecular weight excluding hydrogens is 374 g/mol. The van der Waals surface area contributed by atoms with Crippen molar-refractivity contribution in [2.24, 2.45) is 5.92 Å². The van der Waals surface area contributed by atoms with Crippen LogP contribution in [0, 0.1) is 5.92 Å². The van der Waals surface area contributed by atoms with Gasteiger partial charge in [-0.15, -0.1) is 0 Å². The van der Waals surface area contributed by atoms with Gasteiger partial charge in [0.05, 0.1) is 18.8 Å². The first-order valence-corrected chi connectivity index (χ1v) is 10.4. The molecule has 0 aliphatic carbocycles. The summed E-state index contributed by atoms with van der Waals surface area (Å²) in [6, 6.07) is 25.2. The molecular formula is C26H29NO3. The van der Waals surface area contributed by atoms with Crippen molar-refractivity contribution < 1.29 is 14.3 Å². The molecule has 0 spiro atoms. The third-order valence-corrected chi connectivity index (χ3v) is 4.52. The van der Waals surface area contributed by atoms with E-state index >= 15 is 0 Å². The number of anilines is 1. The van der Waals surface area contributed by atoms with Gasteiger partial charge in [-0.1, -0.05) is 62.4 Å². The Morgan fingerprint density at radius 2 is 1.67 bits per heavy atom. The monoisotopic (exact) mass is 403 g/mol. The van der Waals surface area contributed by atoms with Gasteiger partial charge in [0, 0.05) is 11.8 Å². The molecule has 30 heavy (non-hydrogen) atoms. The van der Waals surface area contributed by atoms with Crippen molar-refractivity contribution in [3.8, 4) is 11.5 Å². The van der Waals surface area contributed by atoms with Gasteiger partial charge in [0.15, 0.2) is 0 Å². The van der Waals surface area contributed by atoms with Gasteiger partial charge >= 0.3 is 0 Å². The van der Waals surface area contributed by atoms with Gasteiger partial charge in [-0.3, -0.25) is 4.79 Å². The first-order valence-electron chi connectivity index (χ1n) is 10.4. The summed E-state index contributed by atoms with van der Waals surface area (Å²) in [6.45, 7) is 5.34. The Morgan fingerprint density at radius 1 is 0.900 bits per heavy atom. The SMILES string of the molecule is CC(C)COc1ccccc1C(=O)Nc1cccc(OCCCc2ccccc2)c1. The number of nitrogens with one attached hydrogen (secondary N) is 1. The lowest BCUT2D eigenvalue weighted by Gasteiger charge is -2.13. The molecule has 0 saturated carbocycles. The van der Waals surface area contributed by atoms with E-state index in [9.17, 15) is 4.79 Å². The Hall–Kier alpha value is -3.27. The smallest absolute Gasteiger partial charge is 0.259 e. The predicted molar refractivity (Wildman–Crippen MR) is 121 cm³/mol. The van der Waals surface area contributed by atoms with Crippen LogP contribution in [0.2, 0.25) is 0 Å². The van der Waals surface area contributed by atoms with Crippen molar-refractivity contribution in [2.75, 3.05) is 18.5 Å². The number of amides is 1. The number of benzene rings is 3. The number of ether oxygens (including phenoxy) is 2. The molecule has 0 saturated heterocycles. The summed E-state index contributed by atoms with van der Waals surface area (Å²) >= 11 is 0. The Bertz CT molecular complexity index is 938. The molecule has 3 rings (SSSR count). The molecule has 156 valence electrons. The van der Waals surface area contributed by atoms with E-state index in [0.717, 1.165) is 18.6 Å². The summed E-state index contributed by atoms with van der Waals surface area (Å²) in [5.41, 5.74) is 2.52. The van der Waals surface area contributed by atoms with E-state index in [-0.39, 0.29) is 5.91 Å². The minimum Gasteiger partial charge on any atom is -0.494 e. The lowest BCUT2D eigenvalue weighted by atomic mass is 10.1. The van der Waals surface area contributed by atoms with Gasteiger partial charge in [-0.05, 0) is 48.6 Å². The molecule has 1 amide bonds. The van der Waals surface area contributed by atoms with Crippen LogP contribution in [0.15, 0.2) is 78.9 Å². The fourth-order valence-corrected chi connectivity index (χ4v) is 3.01. The Balaban J connectivity index is 1.55. The van der Waals surface area contributed by atoms with Crippen molar-refractivity contribution in [3.63, 3.8) is 0 Å². The van der Waals surface area contributed by atoms with Crippen LogP contribution in [0.25, 0.3) is 0 Å². The van der Waals surface area contributed by atoms with Crippen molar-refractivity contribution in [1.82, 2.24) is 0 Å². The standard InChI is InChI=1S/C26H29NO3/c1-20(2)19-30-25-16-7-6-15-24(25)26(28)27-22-13-8-14-23(18-22)29-17-9-12-21-10-4-3-5-11-21/h3-8,10-11,13-16,18,20H,9,12,17,19H2,1-2H3,(H,27,28). The maximum atomic E-state index is 12.8. The summed E-state index contributed by atoms with van der Waals surface area (Å²) < 4.78 is 11.7. The topological polar surface area (TPSA) is 47.6 Å². The minimum atomic E-state index is -0.199. The van der Waals surface area contributed by atoms with E-state index in [1.54, 1.807) is 6.07 Å². The zero-order valence-electron chi connectivity index (χ0n) is 17.6. The van der Waals surface area contributed by atoms with E-state index < -0.39 is 0 Å². The lowest BCUT2D eigenvalue weighted by molar-refractivity contribution is 0.102. The van der Waals surface area contributed by atoms with E-state index in [1.165, 1.54) is 5.56 Å². The van der Waals surface area contributed by atoms with Gasteiger partial charge in [-0.2, -0.15) is 0 Å². The van der Waals surface area contributed by atoms with Crippen molar-refractivity contribution in [1.29, 1.82) is 0 Å². The Labute approximate surface area is 178 Å². The number of para-hydroxylation sites is 1. The number of rotatable bonds is 10. The van der Waals surface area contributed by atoms with Crippen LogP contribution in [-0.2, 0) is 6.42 Å². The highest BCUT2D eigenvalue weighted by atomic mass is 16.5. The fourth-order valence-electron chi connectivity index (χ4n) is 3.01. The van der Waals surface area contributed by atoms with Crippen LogP contribution in [0.3, 0.4) is 0 Å². The minimum absolute atomic E-state index is 0.199. The van der Waals surface area contributed by atoms with Gasteiger partial charge < -0.3 is 14.8 Å². The third kappa shape index (κ3) is 6.66. The van der Waals surface area contributed by atoms with E-state index in [1.807, 2.05) is 60.7 Å². The third-order valence-electron chi connectivity index (χ3n) is 4.52. The molecule has 4 heteroatoms. The van der Waals surface area contributed by atoms with Gasteiger partial charge in [0.2, 0.25) is 0 Å². The molecule has 4 nitrogen and oxygen atoms in total. The maximum Gasteiger partial charge on any atom is 0.259 e. The zero-order chi connectivity index (χ0) is 21.2. The van der Waals surface area contributed by atoms with Gasteiger partial charge in [-0.25, -0.2) is 0 Å². The highest BCUT2D eigenvalue weighted by molar-refractivity contribution is 6.06. The second-order valence-electron chi connectivity index (χ2n) is 7.62. The summed E-state index contributed by atoms with van der Waals surface area (Å²) in [5, 5.41) is 2.94. The van der Waals surface area contributed by atoms with Gasteiger partial charge in [0.25, 0.3) is 5.91 Å². The normalized spacial score (nSPS) is 10.6. The number of carbonyl (C=O) groups is 1. The number of aryl methyl sites for hydroxylation is 1. The zero-order valence-corrected chi connectivity index (χ0v) is 17.6. The van der Waals surface area contributed by atoms with E-state index in [0.29, 0.717) is 36.1 Å².